The van der Waals surface area contributed by atoms with E-state index in [0.29, 0.717) is 5.75 Å². The van der Waals surface area contributed by atoms with E-state index in [9.17, 15) is 4.79 Å². The molecule has 0 unspecified atom stereocenters. The number of carbonyl (C=O) groups is 1. The highest BCUT2D eigenvalue weighted by Gasteiger charge is 2.34. The van der Waals surface area contributed by atoms with E-state index in [4.69, 9.17) is 13.6 Å². The third kappa shape index (κ3) is 6.64. The Labute approximate surface area is 164 Å². The van der Waals surface area contributed by atoms with E-state index in [1.54, 1.807) is 7.11 Å². The molecule has 0 bridgehead atoms. The molecule has 4 nitrogen and oxygen atoms in total. The van der Waals surface area contributed by atoms with E-state index in [1.165, 1.54) is 12.5 Å². The van der Waals surface area contributed by atoms with Crippen LogP contribution in [-0.2, 0) is 21.0 Å². The smallest absolute Gasteiger partial charge is 0.308 e. The molecule has 27 heavy (non-hydrogen) atoms. The maximum atomic E-state index is 11.4. The Bertz CT molecular complexity index is 787. The van der Waals surface area contributed by atoms with Crippen LogP contribution in [0.2, 0.25) is 26.2 Å². The molecule has 0 heterocycles. The molecular formula is C21H30O4Si2. The van der Waals surface area contributed by atoms with Gasteiger partial charge in [0.25, 0.3) is 0 Å². The highest BCUT2D eigenvalue weighted by molar-refractivity contribution is 6.84. The molecule has 0 saturated carbocycles. The van der Waals surface area contributed by atoms with Gasteiger partial charge in [-0.05, 0) is 61.5 Å². The summed E-state index contributed by atoms with van der Waals surface area (Å²) in [6.45, 7) is 10.4. The van der Waals surface area contributed by atoms with Crippen molar-refractivity contribution in [1.82, 2.24) is 0 Å². The topological polar surface area (TPSA) is 44.8 Å². The number of para-hydroxylation sites is 2. The van der Waals surface area contributed by atoms with Crippen molar-refractivity contribution in [3.05, 3.63) is 59.7 Å². The zero-order valence-electron chi connectivity index (χ0n) is 17.2. The Morgan fingerprint density at radius 1 is 0.815 bits per heavy atom. The summed E-state index contributed by atoms with van der Waals surface area (Å²) in [5.74, 6) is 1.26. The maximum Gasteiger partial charge on any atom is 0.308 e. The quantitative estimate of drug-likeness (QED) is 0.357. The van der Waals surface area contributed by atoms with Crippen molar-refractivity contribution in [3.63, 3.8) is 0 Å². The lowest BCUT2D eigenvalue weighted by atomic mass is 10.2. The summed E-state index contributed by atoms with van der Waals surface area (Å²) in [4.78, 5) is 11.4. The fraction of sp³-hybridized carbons (Fsp3) is 0.381. The Balaban J connectivity index is 2.14. The van der Waals surface area contributed by atoms with Crippen molar-refractivity contribution in [2.75, 3.05) is 7.11 Å². The second kappa shape index (κ2) is 8.86. The molecule has 0 N–H and O–H groups in total. The Morgan fingerprint density at radius 3 is 1.74 bits per heavy atom. The lowest BCUT2D eigenvalue weighted by Gasteiger charge is -2.34. The minimum absolute atomic E-state index is 0.297. The normalized spacial score (nSPS) is 11.9. The summed E-state index contributed by atoms with van der Waals surface area (Å²) in [7, 11) is -2.26. The highest BCUT2D eigenvalue weighted by Crippen LogP contribution is 2.28. The molecule has 0 atom stereocenters. The summed E-state index contributed by atoms with van der Waals surface area (Å²) in [6.07, 6.45) is 0. The van der Waals surface area contributed by atoms with Crippen molar-refractivity contribution in [1.29, 1.82) is 0 Å². The van der Waals surface area contributed by atoms with Gasteiger partial charge in [0.2, 0.25) is 0 Å². The van der Waals surface area contributed by atoms with Crippen LogP contribution in [0.25, 0.3) is 0 Å². The van der Waals surface area contributed by atoms with Gasteiger partial charge in [-0.1, -0.05) is 36.4 Å². The minimum Gasteiger partial charge on any atom is -0.496 e. The van der Waals surface area contributed by atoms with Crippen LogP contribution in [0.5, 0.6) is 11.5 Å². The van der Waals surface area contributed by atoms with Crippen LogP contribution in [0, 0.1) is 0 Å². The number of carbonyl (C=O) groups excluding carboxylic acids is 1. The number of rotatable bonds is 8. The van der Waals surface area contributed by atoms with Crippen molar-refractivity contribution in [2.45, 2.75) is 45.2 Å². The molecule has 0 amide bonds. The van der Waals surface area contributed by atoms with E-state index in [1.807, 2.05) is 42.5 Å². The molecular weight excluding hydrogens is 372 g/mol. The van der Waals surface area contributed by atoms with E-state index in [0.717, 1.165) is 23.4 Å². The first-order chi connectivity index (χ1) is 12.6. The standard InChI is InChI=1S/C21H30O4Si2/c1-17(22)24-21-14-10-8-12-19(21)16-27(5,6)25-26(3,4)15-18-11-7-9-13-20(18)23-2/h7-14H,15-16H2,1-6H3. The van der Waals surface area contributed by atoms with Crippen molar-refractivity contribution >= 4 is 22.6 Å². The summed E-state index contributed by atoms with van der Waals surface area (Å²) < 4.78 is 17.6. The third-order valence-electron chi connectivity index (χ3n) is 4.20. The number of esters is 1. The van der Waals surface area contributed by atoms with Crippen LogP contribution in [0.15, 0.2) is 48.5 Å². The molecule has 0 aliphatic heterocycles. The van der Waals surface area contributed by atoms with E-state index < -0.39 is 16.6 Å². The fourth-order valence-corrected chi connectivity index (χ4v) is 12.5. The summed E-state index contributed by atoms with van der Waals surface area (Å²) in [5, 5.41) is 0. The van der Waals surface area contributed by atoms with Gasteiger partial charge in [-0.2, -0.15) is 0 Å². The molecule has 0 aliphatic rings. The van der Waals surface area contributed by atoms with Gasteiger partial charge in [0.1, 0.15) is 11.5 Å². The van der Waals surface area contributed by atoms with Crippen LogP contribution in [-0.4, -0.2) is 29.7 Å². The van der Waals surface area contributed by atoms with Crippen LogP contribution >= 0.6 is 0 Å². The molecule has 0 saturated heterocycles. The first kappa shape index (κ1) is 21.4. The average molecular weight is 403 g/mol. The number of benzene rings is 2. The van der Waals surface area contributed by atoms with E-state index in [2.05, 4.69) is 32.3 Å². The van der Waals surface area contributed by atoms with Gasteiger partial charge in [-0.25, -0.2) is 0 Å². The van der Waals surface area contributed by atoms with Crippen molar-refractivity contribution < 1.29 is 18.4 Å². The SMILES string of the molecule is COc1ccccc1C[Si](C)(C)O[Si](C)(C)Cc1ccccc1OC(C)=O. The molecule has 2 aromatic carbocycles. The fourth-order valence-electron chi connectivity index (χ4n) is 3.49. The Kier molecular flexibility index (Phi) is 7.03. The van der Waals surface area contributed by atoms with Gasteiger partial charge in [0.05, 0.1) is 7.11 Å². The number of methoxy groups -OCH3 is 1. The average Bonchev–Trinajstić information content (AvgIpc) is 2.55. The number of hydrogen-bond donors (Lipinski definition) is 0. The van der Waals surface area contributed by atoms with Gasteiger partial charge in [0, 0.05) is 6.92 Å². The van der Waals surface area contributed by atoms with Gasteiger partial charge in [-0.15, -0.1) is 0 Å². The number of ether oxygens (including phenoxy) is 2. The van der Waals surface area contributed by atoms with Gasteiger partial charge in [-0.3, -0.25) is 4.79 Å². The highest BCUT2D eigenvalue weighted by atomic mass is 28.4. The largest absolute Gasteiger partial charge is 0.496 e. The van der Waals surface area contributed by atoms with Crippen LogP contribution in [0.4, 0.5) is 0 Å². The maximum absolute atomic E-state index is 11.4. The third-order valence-corrected chi connectivity index (χ3v) is 11.1. The first-order valence-corrected chi connectivity index (χ1v) is 15.4. The second-order valence-corrected chi connectivity index (χ2v) is 16.6. The summed E-state index contributed by atoms with van der Waals surface area (Å²) in [5.41, 5.74) is 2.23. The monoisotopic (exact) mass is 402 g/mol. The van der Waals surface area contributed by atoms with Gasteiger partial charge >= 0.3 is 5.97 Å². The zero-order chi connectivity index (χ0) is 20.1. The molecule has 2 rings (SSSR count). The lowest BCUT2D eigenvalue weighted by molar-refractivity contribution is -0.131. The Morgan fingerprint density at radius 2 is 1.26 bits per heavy atom. The summed E-state index contributed by atoms with van der Waals surface area (Å²) >= 11 is 0. The van der Waals surface area contributed by atoms with Crippen LogP contribution < -0.4 is 9.47 Å². The van der Waals surface area contributed by atoms with Gasteiger partial charge in [0.15, 0.2) is 16.6 Å². The first-order valence-electron chi connectivity index (χ1n) is 9.20. The summed E-state index contributed by atoms with van der Waals surface area (Å²) in [6, 6.07) is 17.6. The minimum atomic E-state index is -2.01. The predicted octanol–water partition coefficient (Wildman–Crippen LogP) is 4.91. The predicted molar refractivity (Wildman–Crippen MR) is 114 cm³/mol. The molecule has 2 aromatic rings. The van der Waals surface area contributed by atoms with E-state index in [-0.39, 0.29) is 5.97 Å². The van der Waals surface area contributed by atoms with Crippen molar-refractivity contribution in [2.24, 2.45) is 0 Å². The van der Waals surface area contributed by atoms with Gasteiger partial charge < -0.3 is 13.6 Å². The number of hydrogen-bond acceptors (Lipinski definition) is 4. The van der Waals surface area contributed by atoms with Crippen molar-refractivity contribution in [3.8, 4) is 11.5 Å². The molecule has 6 heteroatoms. The molecule has 0 spiro atoms. The molecule has 0 radical (unpaired) electrons. The Hall–Kier alpha value is -1.90. The van der Waals surface area contributed by atoms with E-state index >= 15 is 0 Å². The molecule has 0 fully saturated rings. The molecule has 146 valence electrons. The van der Waals surface area contributed by atoms with Crippen LogP contribution in [0.1, 0.15) is 18.1 Å². The zero-order valence-corrected chi connectivity index (χ0v) is 19.2. The van der Waals surface area contributed by atoms with Crippen LogP contribution in [0.3, 0.4) is 0 Å². The molecule has 0 aliphatic carbocycles. The molecule has 0 aromatic heterocycles. The second-order valence-electron chi connectivity index (χ2n) is 7.99. The lowest BCUT2D eigenvalue weighted by Crippen LogP contribution is -2.47.